The molecule has 0 aromatic heterocycles. The fraction of sp³-hybridized carbons (Fsp3) is 0.576. The third-order valence-electron chi connectivity index (χ3n) is 7.78. The van der Waals surface area contributed by atoms with Gasteiger partial charge < -0.3 is 41.0 Å². The van der Waals surface area contributed by atoms with Crippen molar-refractivity contribution in [3.63, 3.8) is 0 Å². The molecular weight excluding hydrogens is 548 g/mol. The summed E-state index contributed by atoms with van der Waals surface area (Å²) >= 11 is 0. The van der Waals surface area contributed by atoms with Gasteiger partial charge in [0, 0.05) is 24.2 Å². The quantitative estimate of drug-likeness (QED) is 0.184. The van der Waals surface area contributed by atoms with Crippen molar-refractivity contribution >= 4 is 11.8 Å². The lowest BCUT2D eigenvalue weighted by Crippen LogP contribution is -2.44. The van der Waals surface area contributed by atoms with E-state index in [9.17, 15) is 9.59 Å². The highest BCUT2D eigenvalue weighted by Crippen LogP contribution is 2.30. The Balaban J connectivity index is 1.56. The molecule has 3 rings (SSSR count). The molecule has 1 aliphatic rings. The van der Waals surface area contributed by atoms with E-state index < -0.39 is 0 Å². The molecule has 238 valence electrons. The number of methoxy groups -OCH3 is 2. The molecule has 0 spiro atoms. The second-order valence-electron chi connectivity index (χ2n) is 11.1. The van der Waals surface area contributed by atoms with Crippen molar-refractivity contribution in [2.24, 2.45) is 11.5 Å². The van der Waals surface area contributed by atoms with Crippen molar-refractivity contribution in [1.29, 1.82) is 0 Å². The van der Waals surface area contributed by atoms with Crippen molar-refractivity contribution in [1.82, 2.24) is 10.6 Å². The van der Waals surface area contributed by atoms with Gasteiger partial charge in [-0.25, -0.2) is 0 Å². The van der Waals surface area contributed by atoms with Gasteiger partial charge in [0.15, 0.2) is 0 Å². The van der Waals surface area contributed by atoms with Crippen molar-refractivity contribution in [3.05, 3.63) is 47.0 Å². The minimum absolute atomic E-state index is 0.00861. The zero-order valence-electron chi connectivity index (χ0n) is 26.0. The fourth-order valence-corrected chi connectivity index (χ4v) is 5.26. The molecule has 43 heavy (non-hydrogen) atoms. The molecule has 0 unspecified atom stereocenters. The summed E-state index contributed by atoms with van der Waals surface area (Å²) in [6.45, 7) is 4.33. The lowest BCUT2D eigenvalue weighted by molar-refractivity contribution is 0.0888. The number of ether oxygens (including phenoxy) is 4. The van der Waals surface area contributed by atoms with Crippen LogP contribution in [0.1, 0.15) is 90.5 Å². The third-order valence-corrected chi connectivity index (χ3v) is 7.78. The van der Waals surface area contributed by atoms with Crippen molar-refractivity contribution in [2.45, 2.75) is 83.2 Å². The Morgan fingerprint density at radius 3 is 1.81 bits per heavy atom. The molecule has 2 aromatic rings. The van der Waals surface area contributed by atoms with E-state index in [-0.39, 0.29) is 23.9 Å². The number of rotatable bonds is 18. The zero-order valence-corrected chi connectivity index (χ0v) is 26.0. The van der Waals surface area contributed by atoms with E-state index in [0.717, 1.165) is 69.8 Å². The predicted molar refractivity (Wildman–Crippen MR) is 169 cm³/mol. The van der Waals surface area contributed by atoms with Crippen LogP contribution in [0.3, 0.4) is 0 Å². The second kappa shape index (κ2) is 18.2. The van der Waals surface area contributed by atoms with Crippen LogP contribution < -0.4 is 41.0 Å². The van der Waals surface area contributed by atoms with E-state index in [1.807, 2.05) is 19.1 Å². The van der Waals surface area contributed by atoms with Crippen molar-refractivity contribution < 1.29 is 28.5 Å². The van der Waals surface area contributed by atoms with E-state index in [1.165, 1.54) is 0 Å². The molecule has 1 fully saturated rings. The summed E-state index contributed by atoms with van der Waals surface area (Å²) in [5, 5.41) is 6.32. The standard InChI is InChI=1S/C33H50N4O6/c1-23-20-28(30(41-3)22-29(23)40-2)33(39)37-25-12-10-24(11-13-25)36-32(38)27-15-14-26(42-18-8-4-6-16-34)21-31(27)43-19-9-5-7-17-35/h14-15,20-22,24-25H,4-13,16-19,34-35H2,1-3H3,(H,36,38)(H,37,39)/t24-,25+. The molecule has 0 saturated heterocycles. The molecule has 10 heteroatoms. The molecular formula is C33H50N4O6. The van der Waals surface area contributed by atoms with Gasteiger partial charge in [-0.1, -0.05) is 0 Å². The minimum atomic E-state index is -0.176. The van der Waals surface area contributed by atoms with Gasteiger partial charge in [-0.05, 0) is 108 Å². The number of unbranched alkanes of at least 4 members (excludes halogenated alkanes) is 4. The van der Waals surface area contributed by atoms with Crippen LogP contribution in [0.5, 0.6) is 23.0 Å². The molecule has 1 aliphatic carbocycles. The number of aryl methyl sites for hydroxylation is 1. The molecule has 0 radical (unpaired) electrons. The van der Waals surface area contributed by atoms with Crippen LogP contribution in [0.2, 0.25) is 0 Å². The van der Waals surface area contributed by atoms with Gasteiger partial charge in [0.1, 0.15) is 23.0 Å². The fourth-order valence-electron chi connectivity index (χ4n) is 5.26. The molecule has 0 heterocycles. The van der Waals surface area contributed by atoms with Gasteiger partial charge in [-0.15, -0.1) is 0 Å². The Morgan fingerprint density at radius 1 is 0.698 bits per heavy atom. The normalized spacial score (nSPS) is 16.3. The van der Waals surface area contributed by atoms with Gasteiger partial charge in [0.2, 0.25) is 0 Å². The molecule has 6 N–H and O–H groups in total. The Kier molecular flexibility index (Phi) is 14.4. The Bertz CT molecular complexity index is 1170. The van der Waals surface area contributed by atoms with Crippen LogP contribution in [0, 0.1) is 6.92 Å². The Labute approximate surface area is 256 Å². The van der Waals surface area contributed by atoms with E-state index in [0.29, 0.717) is 60.4 Å². The van der Waals surface area contributed by atoms with Gasteiger partial charge in [-0.3, -0.25) is 9.59 Å². The molecule has 0 aliphatic heterocycles. The first-order valence-corrected chi connectivity index (χ1v) is 15.5. The van der Waals surface area contributed by atoms with Crippen LogP contribution in [-0.2, 0) is 0 Å². The summed E-state index contributed by atoms with van der Waals surface area (Å²) < 4.78 is 22.8. The number of hydrogen-bond acceptors (Lipinski definition) is 8. The number of carbonyl (C=O) groups is 2. The first-order valence-electron chi connectivity index (χ1n) is 15.5. The summed E-state index contributed by atoms with van der Waals surface area (Å²) in [6, 6.07) is 8.95. The summed E-state index contributed by atoms with van der Waals surface area (Å²) in [7, 11) is 3.13. The Hall–Kier alpha value is -3.50. The number of hydrogen-bond donors (Lipinski definition) is 4. The second-order valence-corrected chi connectivity index (χ2v) is 11.1. The van der Waals surface area contributed by atoms with E-state index in [1.54, 1.807) is 32.4 Å². The first kappa shape index (κ1) is 34.0. The van der Waals surface area contributed by atoms with E-state index in [4.69, 9.17) is 30.4 Å². The Morgan fingerprint density at radius 2 is 1.26 bits per heavy atom. The summed E-state index contributed by atoms with van der Waals surface area (Å²) in [6.07, 6.45) is 8.73. The highest BCUT2D eigenvalue weighted by Gasteiger charge is 2.26. The average molecular weight is 599 g/mol. The molecule has 1 saturated carbocycles. The SMILES string of the molecule is COc1cc(OC)c(C(=O)N[C@H]2CC[C@@H](NC(=O)c3ccc(OCCCCCN)cc3OCCCCCN)CC2)cc1C. The van der Waals surface area contributed by atoms with Crippen molar-refractivity contribution in [2.75, 3.05) is 40.5 Å². The van der Waals surface area contributed by atoms with Gasteiger partial charge in [0.05, 0.1) is 38.6 Å². The number of nitrogens with two attached hydrogens (primary N) is 2. The van der Waals surface area contributed by atoms with E-state index >= 15 is 0 Å². The molecule has 0 atom stereocenters. The van der Waals surface area contributed by atoms with Crippen molar-refractivity contribution in [3.8, 4) is 23.0 Å². The van der Waals surface area contributed by atoms with E-state index in [2.05, 4.69) is 10.6 Å². The molecule has 2 amide bonds. The molecule has 2 aromatic carbocycles. The topological polar surface area (TPSA) is 147 Å². The molecule has 0 bridgehead atoms. The number of benzene rings is 2. The van der Waals surface area contributed by atoms with Crippen LogP contribution in [0.25, 0.3) is 0 Å². The maximum absolute atomic E-state index is 13.4. The van der Waals surface area contributed by atoms with Crippen LogP contribution in [-0.4, -0.2) is 64.4 Å². The van der Waals surface area contributed by atoms with Gasteiger partial charge in [0.25, 0.3) is 11.8 Å². The number of carbonyl (C=O) groups excluding carboxylic acids is 2. The highest BCUT2D eigenvalue weighted by molar-refractivity contribution is 5.98. The maximum Gasteiger partial charge on any atom is 0.255 e. The lowest BCUT2D eigenvalue weighted by Gasteiger charge is -2.30. The first-order chi connectivity index (χ1) is 20.9. The summed E-state index contributed by atoms with van der Waals surface area (Å²) in [5.41, 5.74) is 13.0. The summed E-state index contributed by atoms with van der Waals surface area (Å²) in [5.74, 6) is 2.00. The lowest BCUT2D eigenvalue weighted by atomic mass is 9.90. The highest BCUT2D eigenvalue weighted by atomic mass is 16.5. The zero-order chi connectivity index (χ0) is 31.0. The van der Waals surface area contributed by atoms with Crippen LogP contribution >= 0.6 is 0 Å². The maximum atomic E-state index is 13.4. The van der Waals surface area contributed by atoms with Gasteiger partial charge >= 0.3 is 0 Å². The van der Waals surface area contributed by atoms with Crippen LogP contribution in [0.15, 0.2) is 30.3 Å². The summed E-state index contributed by atoms with van der Waals surface area (Å²) in [4.78, 5) is 26.4. The number of nitrogens with one attached hydrogen (secondary N) is 2. The minimum Gasteiger partial charge on any atom is -0.496 e. The van der Waals surface area contributed by atoms with Gasteiger partial charge in [-0.2, -0.15) is 0 Å². The third kappa shape index (κ3) is 10.6. The smallest absolute Gasteiger partial charge is 0.255 e. The molecule has 10 nitrogen and oxygen atoms in total. The number of amides is 2. The predicted octanol–water partition coefficient (Wildman–Crippen LogP) is 4.50. The van der Waals surface area contributed by atoms with Crippen LogP contribution in [0.4, 0.5) is 0 Å². The monoisotopic (exact) mass is 598 g/mol. The average Bonchev–Trinajstić information content (AvgIpc) is 3.01. The largest absolute Gasteiger partial charge is 0.496 e.